The van der Waals surface area contributed by atoms with Crippen LogP contribution in [0.2, 0.25) is 0 Å². The minimum absolute atomic E-state index is 0.0218. The summed E-state index contributed by atoms with van der Waals surface area (Å²) in [7, 11) is 0. The van der Waals surface area contributed by atoms with Crippen LogP contribution in [0.3, 0.4) is 0 Å². The Morgan fingerprint density at radius 3 is 2.63 bits per heavy atom. The molecule has 0 unspecified atom stereocenters. The molecule has 0 fully saturated rings. The van der Waals surface area contributed by atoms with Crippen LogP contribution in [0.1, 0.15) is 25.9 Å². The number of benzene rings is 2. The SMILES string of the molecule is Cc1nc(CC(=O)Nc2cccc(F)c2)sc1C(=O)NCc1ccccc1. The standard InChI is InChI=1S/C20H18FN3O2S/c1-13-19(20(26)22-12-14-6-3-2-4-7-14)27-18(23-13)11-17(25)24-16-9-5-8-15(21)10-16/h2-10H,11-12H2,1H3,(H,22,26)(H,24,25). The Balaban J connectivity index is 1.60. The zero-order valence-corrected chi connectivity index (χ0v) is 15.5. The minimum Gasteiger partial charge on any atom is -0.347 e. The molecule has 2 aromatic carbocycles. The number of carbonyl (C=O) groups excluding carboxylic acids is 2. The van der Waals surface area contributed by atoms with Crippen LogP contribution in [0.25, 0.3) is 0 Å². The van der Waals surface area contributed by atoms with Gasteiger partial charge in [-0.05, 0) is 30.7 Å². The maximum atomic E-state index is 13.2. The van der Waals surface area contributed by atoms with Crippen LogP contribution in [0, 0.1) is 12.7 Å². The number of carbonyl (C=O) groups is 2. The lowest BCUT2D eigenvalue weighted by Gasteiger charge is -2.04. The van der Waals surface area contributed by atoms with Gasteiger partial charge in [-0.2, -0.15) is 0 Å². The second-order valence-corrected chi connectivity index (χ2v) is 7.01. The zero-order chi connectivity index (χ0) is 19.2. The molecule has 1 heterocycles. The summed E-state index contributed by atoms with van der Waals surface area (Å²) in [6.07, 6.45) is 0.0218. The van der Waals surface area contributed by atoms with Crippen molar-refractivity contribution in [1.82, 2.24) is 10.3 Å². The summed E-state index contributed by atoms with van der Waals surface area (Å²) in [5.41, 5.74) is 1.97. The number of anilines is 1. The average Bonchev–Trinajstić information content (AvgIpc) is 3.00. The van der Waals surface area contributed by atoms with Gasteiger partial charge in [0.15, 0.2) is 0 Å². The molecule has 0 aliphatic heterocycles. The number of nitrogens with one attached hydrogen (secondary N) is 2. The minimum atomic E-state index is -0.421. The number of hydrogen-bond acceptors (Lipinski definition) is 4. The molecule has 0 radical (unpaired) electrons. The first-order chi connectivity index (χ1) is 13.0. The lowest BCUT2D eigenvalue weighted by molar-refractivity contribution is -0.115. The van der Waals surface area contributed by atoms with Crippen molar-refractivity contribution < 1.29 is 14.0 Å². The van der Waals surface area contributed by atoms with Gasteiger partial charge in [-0.15, -0.1) is 11.3 Å². The van der Waals surface area contributed by atoms with Gasteiger partial charge in [0.1, 0.15) is 15.7 Å². The predicted octanol–water partition coefficient (Wildman–Crippen LogP) is 3.70. The fraction of sp³-hybridized carbons (Fsp3) is 0.150. The molecule has 3 rings (SSSR count). The largest absolute Gasteiger partial charge is 0.347 e. The van der Waals surface area contributed by atoms with E-state index in [4.69, 9.17) is 0 Å². The number of amides is 2. The third-order valence-corrected chi connectivity index (χ3v) is 4.92. The Labute approximate surface area is 160 Å². The average molecular weight is 383 g/mol. The number of aryl methyl sites for hydroxylation is 1. The molecule has 0 saturated heterocycles. The summed E-state index contributed by atoms with van der Waals surface area (Å²) in [4.78, 5) is 29.3. The van der Waals surface area contributed by atoms with Crippen molar-refractivity contribution in [3.05, 3.63) is 81.6 Å². The molecular formula is C20H18FN3O2S. The van der Waals surface area contributed by atoms with Gasteiger partial charge in [-0.1, -0.05) is 36.4 Å². The molecule has 2 N–H and O–H groups in total. The molecular weight excluding hydrogens is 365 g/mol. The molecule has 138 valence electrons. The molecule has 1 aromatic heterocycles. The van der Waals surface area contributed by atoms with Crippen molar-refractivity contribution in [2.24, 2.45) is 0 Å². The van der Waals surface area contributed by atoms with Crippen LogP contribution in [-0.4, -0.2) is 16.8 Å². The van der Waals surface area contributed by atoms with Gasteiger partial charge >= 0.3 is 0 Å². The predicted molar refractivity (Wildman–Crippen MR) is 103 cm³/mol. The Bertz CT molecular complexity index is 957. The fourth-order valence-corrected chi connectivity index (χ4v) is 3.49. The highest BCUT2D eigenvalue weighted by Gasteiger charge is 2.17. The van der Waals surface area contributed by atoms with Crippen LogP contribution in [0.4, 0.5) is 10.1 Å². The van der Waals surface area contributed by atoms with E-state index in [9.17, 15) is 14.0 Å². The summed E-state index contributed by atoms with van der Waals surface area (Å²) < 4.78 is 13.2. The number of thiazole rings is 1. The Hall–Kier alpha value is -3.06. The van der Waals surface area contributed by atoms with Crippen LogP contribution < -0.4 is 10.6 Å². The maximum Gasteiger partial charge on any atom is 0.263 e. The van der Waals surface area contributed by atoms with E-state index >= 15 is 0 Å². The normalized spacial score (nSPS) is 10.4. The molecule has 3 aromatic rings. The molecule has 7 heteroatoms. The second-order valence-electron chi connectivity index (χ2n) is 5.93. The quantitative estimate of drug-likeness (QED) is 0.682. The molecule has 27 heavy (non-hydrogen) atoms. The van der Waals surface area contributed by atoms with Crippen molar-refractivity contribution in [1.29, 1.82) is 0 Å². The first kappa shape index (κ1) is 18.7. The summed E-state index contributed by atoms with van der Waals surface area (Å²) in [5, 5.41) is 6.01. The van der Waals surface area contributed by atoms with E-state index in [1.807, 2.05) is 30.3 Å². The topological polar surface area (TPSA) is 71.1 Å². The lowest BCUT2D eigenvalue weighted by atomic mass is 10.2. The number of aromatic nitrogens is 1. The molecule has 2 amide bonds. The van der Waals surface area contributed by atoms with Crippen LogP contribution >= 0.6 is 11.3 Å². The number of halogens is 1. The van der Waals surface area contributed by atoms with Crippen LogP contribution in [0.5, 0.6) is 0 Å². The number of rotatable bonds is 6. The maximum absolute atomic E-state index is 13.2. The van der Waals surface area contributed by atoms with Crippen LogP contribution in [0.15, 0.2) is 54.6 Å². The first-order valence-corrected chi connectivity index (χ1v) is 9.17. The van der Waals surface area contributed by atoms with E-state index in [0.29, 0.717) is 27.8 Å². The molecule has 0 aliphatic rings. The Kier molecular flexibility index (Phi) is 5.93. The second kappa shape index (κ2) is 8.55. The highest BCUT2D eigenvalue weighted by atomic mass is 32.1. The van der Waals surface area contributed by atoms with E-state index in [-0.39, 0.29) is 18.2 Å². The van der Waals surface area contributed by atoms with E-state index in [2.05, 4.69) is 15.6 Å². The Morgan fingerprint density at radius 2 is 1.89 bits per heavy atom. The van der Waals surface area contributed by atoms with Gasteiger partial charge in [0.2, 0.25) is 5.91 Å². The van der Waals surface area contributed by atoms with Gasteiger partial charge in [0.05, 0.1) is 12.1 Å². The van der Waals surface area contributed by atoms with E-state index in [0.717, 1.165) is 5.56 Å². The third kappa shape index (κ3) is 5.21. The number of hydrogen-bond donors (Lipinski definition) is 2. The van der Waals surface area contributed by atoms with Crippen molar-refractivity contribution in [2.75, 3.05) is 5.32 Å². The highest BCUT2D eigenvalue weighted by Crippen LogP contribution is 2.19. The van der Waals surface area contributed by atoms with Crippen molar-refractivity contribution in [2.45, 2.75) is 19.9 Å². The zero-order valence-electron chi connectivity index (χ0n) is 14.7. The van der Waals surface area contributed by atoms with Gasteiger partial charge in [-0.3, -0.25) is 9.59 Å². The lowest BCUT2D eigenvalue weighted by Crippen LogP contribution is -2.22. The van der Waals surface area contributed by atoms with Crippen molar-refractivity contribution in [3.8, 4) is 0 Å². The van der Waals surface area contributed by atoms with E-state index < -0.39 is 5.82 Å². The van der Waals surface area contributed by atoms with Gasteiger partial charge in [0.25, 0.3) is 5.91 Å². The third-order valence-electron chi connectivity index (χ3n) is 3.76. The van der Waals surface area contributed by atoms with Gasteiger partial charge < -0.3 is 10.6 Å². The van der Waals surface area contributed by atoms with Crippen molar-refractivity contribution in [3.63, 3.8) is 0 Å². The van der Waals surface area contributed by atoms with Crippen molar-refractivity contribution >= 4 is 28.8 Å². The molecule has 0 aliphatic carbocycles. The summed E-state index contributed by atoms with van der Waals surface area (Å²) in [6.45, 7) is 2.16. The first-order valence-electron chi connectivity index (χ1n) is 8.35. The van der Waals surface area contributed by atoms with Crippen LogP contribution in [-0.2, 0) is 17.8 Å². The highest BCUT2D eigenvalue weighted by molar-refractivity contribution is 7.13. The van der Waals surface area contributed by atoms with E-state index in [1.54, 1.807) is 13.0 Å². The van der Waals surface area contributed by atoms with Gasteiger partial charge in [-0.25, -0.2) is 9.37 Å². The molecule has 0 bridgehead atoms. The smallest absolute Gasteiger partial charge is 0.263 e. The Morgan fingerprint density at radius 1 is 1.11 bits per heavy atom. The molecule has 0 saturated carbocycles. The molecule has 0 atom stereocenters. The fourth-order valence-electron chi connectivity index (χ4n) is 2.51. The summed E-state index contributed by atoms with van der Waals surface area (Å²) in [6, 6.07) is 15.3. The van der Waals surface area contributed by atoms with E-state index in [1.165, 1.54) is 29.5 Å². The number of nitrogens with zero attached hydrogens (tertiary/aromatic N) is 1. The monoisotopic (exact) mass is 383 g/mol. The molecule has 5 nitrogen and oxygen atoms in total. The molecule has 0 spiro atoms. The summed E-state index contributed by atoms with van der Waals surface area (Å²) >= 11 is 1.19. The van der Waals surface area contributed by atoms with Gasteiger partial charge in [0, 0.05) is 12.2 Å². The summed E-state index contributed by atoms with van der Waals surface area (Å²) in [5.74, 6) is -0.952.